The smallest absolute Gasteiger partial charge is 0.272 e. The maximum absolute atomic E-state index is 13.4. The van der Waals surface area contributed by atoms with Gasteiger partial charge in [-0.05, 0) is 84.8 Å². The average molecular weight is 572 g/mol. The van der Waals surface area contributed by atoms with E-state index < -0.39 is 28.7 Å². The van der Waals surface area contributed by atoms with Crippen LogP contribution in [-0.2, 0) is 9.59 Å². The van der Waals surface area contributed by atoms with E-state index in [1.54, 1.807) is 48.5 Å². The van der Waals surface area contributed by atoms with E-state index in [2.05, 4.69) is 16.0 Å². The number of nitrogens with one attached hydrogen (secondary N) is 3. The van der Waals surface area contributed by atoms with Crippen LogP contribution in [0.15, 0.2) is 114 Å². The zero-order valence-electron chi connectivity index (χ0n) is 22.1. The number of amides is 3. The largest absolute Gasteiger partial charge is 0.325 e. The molecule has 6 nitrogen and oxygen atoms in total. The van der Waals surface area contributed by atoms with Gasteiger partial charge in [0.15, 0.2) is 0 Å². The molecule has 0 aliphatic rings. The van der Waals surface area contributed by atoms with Crippen LogP contribution in [-0.4, -0.2) is 23.0 Å². The normalized spacial score (nSPS) is 11.8. The Labute approximate surface area is 240 Å². The van der Waals surface area contributed by atoms with Gasteiger partial charge in [-0.1, -0.05) is 43.3 Å². The van der Waals surface area contributed by atoms with Crippen molar-refractivity contribution in [1.29, 1.82) is 0 Å². The highest BCUT2D eigenvalue weighted by molar-refractivity contribution is 8.00. The van der Waals surface area contributed by atoms with Crippen LogP contribution in [0, 0.1) is 11.6 Å². The second kappa shape index (κ2) is 14.0. The van der Waals surface area contributed by atoms with Gasteiger partial charge in [-0.3, -0.25) is 14.4 Å². The molecule has 4 rings (SSSR count). The number of halogens is 2. The van der Waals surface area contributed by atoms with Gasteiger partial charge < -0.3 is 16.0 Å². The third kappa shape index (κ3) is 8.61. The zero-order valence-corrected chi connectivity index (χ0v) is 22.9. The Hall–Kier alpha value is -4.76. The molecule has 1 unspecified atom stereocenters. The summed E-state index contributed by atoms with van der Waals surface area (Å²) in [5.74, 6) is -2.10. The molecule has 0 aromatic heterocycles. The minimum atomic E-state index is -0.582. The van der Waals surface area contributed by atoms with Crippen molar-refractivity contribution in [1.82, 2.24) is 5.32 Å². The van der Waals surface area contributed by atoms with Crippen molar-refractivity contribution in [3.63, 3.8) is 0 Å². The summed E-state index contributed by atoms with van der Waals surface area (Å²) in [6, 6.07) is 26.5. The molecule has 4 aromatic carbocycles. The monoisotopic (exact) mass is 571 g/mol. The molecule has 0 heterocycles. The van der Waals surface area contributed by atoms with Gasteiger partial charge in [-0.25, -0.2) is 8.78 Å². The maximum Gasteiger partial charge on any atom is 0.272 e. The molecular formula is C32H27F2N3O3S. The third-order valence-electron chi connectivity index (χ3n) is 5.86. The molecule has 0 radical (unpaired) electrons. The van der Waals surface area contributed by atoms with Crippen LogP contribution in [0.5, 0.6) is 0 Å². The number of benzene rings is 4. The minimum Gasteiger partial charge on any atom is -0.325 e. The highest BCUT2D eigenvalue weighted by atomic mass is 32.2. The first-order valence-corrected chi connectivity index (χ1v) is 13.7. The fraction of sp³-hybridized carbons (Fsp3) is 0.0938. The Balaban J connectivity index is 1.49. The molecule has 3 N–H and O–H groups in total. The molecule has 0 bridgehead atoms. The van der Waals surface area contributed by atoms with Gasteiger partial charge in [0.05, 0.1) is 5.25 Å². The molecule has 0 aliphatic heterocycles. The molecule has 1 atom stereocenters. The third-order valence-corrected chi connectivity index (χ3v) is 7.21. The number of thioether (sulfide) groups is 1. The maximum atomic E-state index is 13.4. The van der Waals surface area contributed by atoms with Gasteiger partial charge >= 0.3 is 0 Å². The number of hydrogen-bond donors (Lipinski definition) is 3. The molecule has 3 amide bonds. The Morgan fingerprint density at radius 3 is 2.10 bits per heavy atom. The number of rotatable bonds is 10. The van der Waals surface area contributed by atoms with E-state index in [0.717, 1.165) is 4.90 Å². The molecule has 41 heavy (non-hydrogen) atoms. The van der Waals surface area contributed by atoms with E-state index in [1.165, 1.54) is 66.4 Å². The van der Waals surface area contributed by atoms with Crippen LogP contribution in [0.2, 0.25) is 0 Å². The fourth-order valence-electron chi connectivity index (χ4n) is 3.76. The molecule has 0 aliphatic carbocycles. The average Bonchev–Trinajstić information content (AvgIpc) is 2.98. The molecule has 4 aromatic rings. The van der Waals surface area contributed by atoms with Crippen molar-refractivity contribution in [3.05, 3.63) is 132 Å². The fourth-order valence-corrected chi connectivity index (χ4v) is 4.77. The first-order chi connectivity index (χ1) is 19.8. The Morgan fingerprint density at radius 1 is 0.780 bits per heavy atom. The van der Waals surface area contributed by atoms with E-state index >= 15 is 0 Å². The summed E-state index contributed by atoms with van der Waals surface area (Å²) in [4.78, 5) is 39.7. The van der Waals surface area contributed by atoms with Crippen LogP contribution >= 0.6 is 11.8 Å². The Kier molecular flexibility index (Phi) is 10.0. The number of hydrogen-bond acceptors (Lipinski definition) is 4. The van der Waals surface area contributed by atoms with Crippen molar-refractivity contribution in [2.24, 2.45) is 0 Å². The molecular weight excluding hydrogens is 544 g/mol. The van der Waals surface area contributed by atoms with Gasteiger partial charge in [0.2, 0.25) is 5.91 Å². The van der Waals surface area contributed by atoms with Gasteiger partial charge in [0, 0.05) is 21.8 Å². The molecule has 0 saturated heterocycles. The molecule has 0 saturated carbocycles. The van der Waals surface area contributed by atoms with Crippen molar-refractivity contribution < 1.29 is 23.2 Å². The standard InChI is InChI=1S/C32H27F2N3O3S/c1-2-29(32(40)35-25-17-15-24(34)16-18-25)41-27-10-6-9-26(20-27)36-31(39)28(19-21-11-13-23(33)14-12-21)37-30(38)22-7-4-3-5-8-22/h3-20,29H,2H2,1H3,(H,35,40)(H,36,39)(H,37,38)/b28-19-. The summed E-state index contributed by atoms with van der Waals surface area (Å²) in [5, 5.41) is 7.79. The van der Waals surface area contributed by atoms with E-state index in [-0.39, 0.29) is 11.6 Å². The van der Waals surface area contributed by atoms with Crippen LogP contribution in [0.1, 0.15) is 29.3 Å². The molecule has 0 spiro atoms. The summed E-state index contributed by atoms with van der Waals surface area (Å²) < 4.78 is 26.6. The number of anilines is 2. The van der Waals surface area contributed by atoms with Crippen molar-refractivity contribution in [3.8, 4) is 0 Å². The van der Waals surface area contributed by atoms with Gasteiger partial charge in [-0.15, -0.1) is 11.8 Å². The molecule has 9 heteroatoms. The van der Waals surface area contributed by atoms with E-state index in [9.17, 15) is 23.2 Å². The quantitative estimate of drug-likeness (QED) is 0.143. The predicted octanol–water partition coefficient (Wildman–Crippen LogP) is 6.88. The summed E-state index contributed by atoms with van der Waals surface area (Å²) in [6.45, 7) is 1.88. The van der Waals surface area contributed by atoms with Crippen LogP contribution in [0.4, 0.5) is 20.2 Å². The summed E-state index contributed by atoms with van der Waals surface area (Å²) in [7, 11) is 0. The van der Waals surface area contributed by atoms with Crippen LogP contribution in [0.3, 0.4) is 0 Å². The molecule has 208 valence electrons. The zero-order chi connectivity index (χ0) is 29.2. The van der Waals surface area contributed by atoms with Gasteiger partial charge in [-0.2, -0.15) is 0 Å². The van der Waals surface area contributed by atoms with E-state index in [4.69, 9.17) is 0 Å². The highest BCUT2D eigenvalue weighted by Crippen LogP contribution is 2.29. The van der Waals surface area contributed by atoms with Crippen molar-refractivity contribution in [2.75, 3.05) is 10.6 Å². The minimum absolute atomic E-state index is 0.0337. The van der Waals surface area contributed by atoms with Crippen molar-refractivity contribution >= 4 is 46.9 Å². The van der Waals surface area contributed by atoms with Crippen LogP contribution in [0.25, 0.3) is 6.08 Å². The summed E-state index contributed by atoms with van der Waals surface area (Å²) in [6.07, 6.45) is 1.99. The predicted molar refractivity (Wildman–Crippen MR) is 158 cm³/mol. The van der Waals surface area contributed by atoms with Gasteiger partial charge in [0.1, 0.15) is 17.3 Å². The Morgan fingerprint density at radius 2 is 1.44 bits per heavy atom. The van der Waals surface area contributed by atoms with E-state index in [1.807, 2.05) is 13.0 Å². The number of carbonyl (C=O) groups is 3. The SMILES string of the molecule is CCC(Sc1cccc(NC(=O)/C(=C/c2ccc(F)cc2)NC(=O)c2ccccc2)c1)C(=O)Nc1ccc(F)cc1. The lowest BCUT2D eigenvalue weighted by molar-refractivity contribution is -0.116. The van der Waals surface area contributed by atoms with Crippen LogP contribution < -0.4 is 16.0 Å². The lowest BCUT2D eigenvalue weighted by Crippen LogP contribution is -2.30. The van der Waals surface area contributed by atoms with Crippen molar-refractivity contribution in [2.45, 2.75) is 23.5 Å². The topological polar surface area (TPSA) is 87.3 Å². The second-order valence-electron chi connectivity index (χ2n) is 8.92. The first kappa shape index (κ1) is 29.2. The first-order valence-electron chi connectivity index (χ1n) is 12.8. The second-order valence-corrected chi connectivity index (χ2v) is 10.2. The lowest BCUT2D eigenvalue weighted by atomic mass is 10.1. The lowest BCUT2D eigenvalue weighted by Gasteiger charge is -2.16. The van der Waals surface area contributed by atoms with Gasteiger partial charge in [0.25, 0.3) is 11.8 Å². The highest BCUT2D eigenvalue weighted by Gasteiger charge is 2.19. The van der Waals surface area contributed by atoms with E-state index in [0.29, 0.717) is 28.9 Å². The Bertz CT molecular complexity index is 1540. The summed E-state index contributed by atoms with van der Waals surface area (Å²) in [5.41, 5.74) is 1.80. The molecule has 0 fully saturated rings. The number of carbonyl (C=O) groups excluding carboxylic acids is 3. The summed E-state index contributed by atoms with van der Waals surface area (Å²) >= 11 is 1.32.